The fourth-order valence-corrected chi connectivity index (χ4v) is 3.50. The van der Waals surface area contributed by atoms with E-state index in [0.717, 1.165) is 12.8 Å². The van der Waals surface area contributed by atoms with Crippen molar-refractivity contribution in [3.63, 3.8) is 0 Å². The molecule has 1 fully saturated rings. The minimum absolute atomic E-state index is 0.0152. The molecule has 1 amide bonds. The summed E-state index contributed by atoms with van der Waals surface area (Å²) in [5.41, 5.74) is -0.337. The van der Waals surface area contributed by atoms with E-state index in [0.29, 0.717) is 22.9 Å². The lowest BCUT2D eigenvalue weighted by Gasteiger charge is -2.10. The first kappa shape index (κ1) is 20.8. The van der Waals surface area contributed by atoms with Gasteiger partial charge in [0, 0.05) is 24.0 Å². The van der Waals surface area contributed by atoms with Gasteiger partial charge in [0.15, 0.2) is 5.69 Å². The maximum Gasteiger partial charge on any atom is 0.436 e. The van der Waals surface area contributed by atoms with Crippen LogP contribution in [0.4, 0.5) is 13.2 Å². The third-order valence-corrected chi connectivity index (χ3v) is 5.01. The van der Waals surface area contributed by atoms with Gasteiger partial charge in [-0.25, -0.2) is 0 Å². The van der Waals surface area contributed by atoms with Crippen LogP contribution in [0.1, 0.15) is 46.9 Å². The monoisotopic (exact) mass is 435 g/mol. The van der Waals surface area contributed by atoms with Crippen LogP contribution >= 0.6 is 23.2 Å². The molecule has 1 N–H and O–H groups in total. The van der Waals surface area contributed by atoms with E-state index in [-0.39, 0.29) is 35.5 Å². The number of hydrogen-bond donors (Lipinski definition) is 1. The molecule has 5 nitrogen and oxygen atoms in total. The van der Waals surface area contributed by atoms with Crippen LogP contribution in [0.2, 0.25) is 10.0 Å². The number of nitrogens with zero attached hydrogens (tertiary/aromatic N) is 2. The number of aryl methyl sites for hydroxylation is 1. The molecule has 0 radical (unpaired) electrons. The molecule has 1 aromatic carbocycles. The van der Waals surface area contributed by atoms with Gasteiger partial charge < -0.3 is 10.1 Å². The Bertz CT molecular complexity index is 880. The van der Waals surface area contributed by atoms with E-state index in [1.165, 1.54) is 17.9 Å². The average molecular weight is 436 g/mol. The summed E-state index contributed by atoms with van der Waals surface area (Å²) < 4.78 is 45.7. The fraction of sp³-hybridized carbons (Fsp3) is 0.444. The molecule has 1 aliphatic rings. The van der Waals surface area contributed by atoms with Crippen LogP contribution in [0.15, 0.2) is 18.2 Å². The molecule has 0 atom stereocenters. The van der Waals surface area contributed by atoms with Crippen LogP contribution in [0, 0.1) is 0 Å². The van der Waals surface area contributed by atoms with E-state index in [1.807, 2.05) is 0 Å². The third-order valence-electron chi connectivity index (χ3n) is 4.40. The Morgan fingerprint density at radius 2 is 2.07 bits per heavy atom. The first-order valence-electron chi connectivity index (χ1n) is 8.67. The van der Waals surface area contributed by atoms with Gasteiger partial charge in [-0.15, -0.1) is 0 Å². The average Bonchev–Trinajstić information content (AvgIpc) is 3.40. The number of carbonyl (C=O) groups excluding carboxylic acids is 1. The van der Waals surface area contributed by atoms with Gasteiger partial charge in [-0.3, -0.25) is 9.48 Å². The summed E-state index contributed by atoms with van der Waals surface area (Å²) in [7, 11) is 1.44. The SMILES string of the molecule is COc1ccc(Cl)cc1C(=O)NCCCn1nc(C(F)(F)F)c(Cl)c1C1CC1. The topological polar surface area (TPSA) is 56.1 Å². The zero-order chi connectivity index (χ0) is 20.5. The molecule has 1 saturated carbocycles. The zero-order valence-electron chi connectivity index (χ0n) is 14.9. The summed E-state index contributed by atoms with van der Waals surface area (Å²) in [6.45, 7) is 0.464. The number of halogens is 5. The molecule has 1 aromatic heterocycles. The maximum absolute atomic E-state index is 13.1. The van der Waals surface area contributed by atoms with Crippen molar-refractivity contribution in [2.45, 2.75) is 37.9 Å². The molecular formula is C18H18Cl2F3N3O2. The maximum atomic E-state index is 13.1. The van der Waals surface area contributed by atoms with E-state index >= 15 is 0 Å². The molecule has 0 saturated heterocycles. The fourth-order valence-electron chi connectivity index (χ4n) is 2.94. The Balaban J connectivity index is 1.63. The normalized spacial score (nSPS) is 14.2. The minimum atomic E-state index is -4.59. The highest BCUT2D eigenvalue weighted by molar-refractivity contribution is 6.32. The Morgan fingerprint density at radius 1 is 1.36 bits per heavy atom. The van der Waals surface area contributed by atoms with Crippen molar-refractivity contribution in [3.05, 3.63) is 45.2 Å². The summed E-state index contributed by atoms with van der Waals surface area (Å²) in [6.07, 6.45) is -2.60. The number of nitrogens with one attached hydrogen (secondary N) is 1. The van der Waals surface area contributed by atoms with Crippen LogP contribution in [0.25, 0.3) is 0 Å². The number of rotatable bonds is 7. The second-order valence-electron chi connectivity index (χ2n) is 6.50. The largest absolute Gasteiger partial charge is 0.496 e. The predicted octanol–water partition coefficient (Wildman–Crippen LogP) is 4.91. The van der Waals surface area contributed by atoms with E-state index in [2.05, 4.69) is 10.4 Å². The summed E-state index contributed by atoms with van der Waals surface area (Å²) in [6, 6.07) is 4.68. The Kier molecular flexibility index (Phi) is 6.09. The van der Waals surface area contributed by atoms with Crippen molar-refractivity contribution in [2.24, 2.45) is 0 Å². The standard InChI is InChI=1S/C18H18Cl2F3N3O2/c1-28-13-6-5-11(19)9-12(13)17(27)24-7-2-8-26-15(10-3-4-10)14(20)16(25-26)18(21,22)23/h5-6,9-10H,2-4,7-8H2,1H3,(H,24,27). The van der Waals surface area contributed by atoms with E-state index in [9.17, 15) is 18.0 Å². The Hall–Kier alpha value is -1.93. The van der Waals surface area contributed by atoms with Crippen molar-refractivity contribution < 1.29 is 22.7 Å². The van der Waals surface area contributed by atoms with E-state index < -0.39 is 11.9 Å². The lowest BCUT2D eigenvalue weighted by molar-refractivity contribution is -0.141. The first-order chi connectivity index (χ1) is 13.2. The van der Waals surface area contributed by atoms with Gasteiger partial charge >= 0.3 is 6.18 Å². The molecule has 2 aromatic rings. The summed E-state index contributed by atoms with van der Waals surface area (Å²) in [5.74, 6) is 0.0178. The van der Waals surface area contributed by atoms with Crippen molar-refractivity contribution in [1.82, 2.24) is 15.1 Å². The van der Waals surface area contributed by atoms with Crippen molar-refractivity contribution in [1.29, 1.82) is 0 Å². The van der Waals surface area contributed by atoms with Crippen molar-refractivity contribution >= 4 is 29.1 Å². The molecule has 0 unspecified atom stereocenters. The van der Waals surface area contributed by atoms with Gasteiger partial charge in [0.1, 0.15) is 5.75 Å². The minimum Gasteiger partial charge on any atom is -0.496 e. The molecule has 0 spiro atoms. The molecular weight excluding hydrogens is 418 g/mol. The molecule has 0 aliphatic heterocycles. The second kappa shape index (κ2) is 8.21. The highest BCUT2D eigenvalue weighted by Crippen LogP contribution is 2.46. The lowest BCUT2D eigenvalue weighted by atomic mass is 10.2. The number of ether oxygens (including phenoxy) is 1. The number of carbonyl (C=O) groups is 1. The lowest BCUT2D eigenvalue weighted by Crippen LogP contribution is -2.26. The summed E-state index contributed by atoms with van der Waals surface area (Å²) >= 11 is 11.9. The first-order valence-corrected chi connectivity index (χ1v) is 9.43. The quantitative estimate of drug-likeness (QED) is 0.628. The van der Waals surface area contributed by atoms with E-state index in [1.54, 1.807) is 12.1 Å². The summed E-state index contributed by atoms with van der Waals surface area (Å²) in [5, 5.41) is 6.46. The number of amides is 1. The van der Waals surface area contributed by atoms with Gasteiger partial charge in [0.05, 0.1) is 23.4 Å². The van der Waals surface area contributed by atoms with Crippen LogP contribution in [0.3, 0.4) is 0 Å². The number of aromatic nitrogens is 2. The van der Waals surface area contributed by atoms with Gasteiger partial charge in [0.2, 0.25) is 0 Å². The Labute approximate surface area is 169 Å². The smallest absolute Gasteiger partial charge is 0.436 e. The number of benzene rings is 1. The van der Waals surface area contributed by atoms with Gasteiger partial charge in [-0.1, -0.05) is 23.2 Å². The third kappa shape index (κ3) is 4.55. The summed E-state index contributed by atoms with van der Waals surface area (Å²) in [4.78, 5) is 12.3. The predicted molar refractivity (Wildman–Crippen MR) is 99.2 cm³/mol. The van der Waals surface area contributed by atoms with Gasteiger partial charge in [-0.05, 0) is 37.5 Å². The molecule has 10 heteroatoms. The molecule has 1 heterocycles. The number of alkyl halides is 3. The molecule has 28 heavy (non-hydrogen) atoms. The van der Waals surface area contributed by atoms with Crippen LogP contribution in [0.5, 0.6) is 5.75 Å². The van der Waals surface area contributed by atoms with Crippen molar-refractivity contribution in [2.75, 3.05) is 13.7 Å². The Morgan fingerprint density at radius 3 is 2.68 bits per heavy atom. The number of methoxy groups -OCH3 is 1. The van der Waals surface area contributed by atoms with Crippen molar-refractivity contribution in [3.8, 4) is 5.75 Å². The molecule has 3 rings (SSSR count). The second-order valence-corrected chi connectivity index (χ2v) is 7.31. The highest BCUT2D eigenvalue weighted by atomic mass is 35.5. The molecule has 0 bridgehead atoms. The molecule has 152 valence electrons. The van der Waals surface area contributed by atoms with Crippen LogP contribution < -0.4 is 10.1 Å². The zero-order valence-corrected chi connectivity index (χ0v) is 16.5. The highest BCUT2D eigenvalue weighted by Gasteiger charge is 2.41. The number of hydrogen-bond acceptors (Lipinski definition) is 3. The van der Waals surface area contributed by atoms with Gasteiger partial charge in [-0.2, -0.15) is 18.3 Å². The van der Waals surface area contributed by atoms with Crippen LogP contribution in [-0.4, -0.2) is 29.3 Å². The van der Waals surface area contributed by atoms with E-state index in [4.69, 9.17) is 27.9 Å². The van der Waals surface area contributed by atoms with Gasteiger partial charge in [0.25, 0.3) is 5.91 Å². The molecule has 1 aliphatic carbocycles. The van der Waals surface area contributed by atoms with Crippen LogP contribution in [-0.2, 0) is 12.7 Å².